The molecule has 0 bridgehead atoms. The van der Waals surface area contributed by atoms with Crippen molar-refractivity contribution in [2.75, 3.05) is 0 Å². The maximum Gasteiger partial charge on any atom is 0.223 e. The molecule has 3 heteroatoms. The highest BCUT2D eigenvalue weighted by Crippen LogP contribution is 2.24. The van der Waals surface area contributed by atoms with E-state index in [2.05, 4.69) is 66.0 Å². The Kier molecular flexibility index (Phi) is 8.76. The second kappa shape index (κ2) is 11.8. The molecule has 1 aliphatic carbocycles. The van der Waals surface area contributed by atoms with Crippen LogP contribution in [0.1, 0.15) is 62.5 Å². The quantitative estimate of drug-likeness (QED) is 0.595. The van der Waals surface area contributed by atoms with Gasteiger partial charge in [0.1, 0.15) is 0 Å². The van der Waals surface area contributed by atoms with E-state index >= 15 is 0 Å². The number of carbonyl (C=O) groups excluding carboxylic acids is 1. The molecule has 0 atom stereocenters. The summed E-state index contributed by atoms with van der Waals surface area (Å²) in [6.07, 6.45) is 10.3. The first-order chi connectivity index (χ1) is 14.2. The Morgan fingerprint density at radius 3 is 1.79 bits per heavy atom. The molecule has 1 amide bonds. The highest BCUT2D eigenvalue weighted by Gasteiger charge is 2.26. The van der Waals surface area contributed by atoms with Gasteiger partial charge < -0.3 is 11.1 Å². The van der Waals surface area contributed by atoms with Gasteiger partial charge in [0.05, 0.1) is 0 Å². The molecule has 0 saturated heterocycles. The third-order valence-electron chi connectivity index (χ3n) is 6.21. The lowest BCUT2D eigenvalue weighted by Gasteiger charge is -2.27. The molecular formula is C26H36N2O. The number of rotatable bonds is 10. The van der Waals surface area contributed by atoms with Gasteiger partial charge in [-0.1, -0.05) is 60.7 Å². The summed E-state index contributed by atoms with van der Waals surface area (Å²) < 4.78 is 0. The van der Waals surface area contributed by atoms with Gasteiger partial charge >= 0.3 is 0 Å². The third-order valence-corrected chi connectivity index (χ3v) is 6.21. The van der Waals surface area contributed by atoms with Crippen LogP contribution in [0.2, 0.25) is 0 Å². The van der Waals surface area contributed by atoms with Crippen molar-refractivity contribution in [2.45, 2.75) is 76.3 Å². The smallest absolute Gasteiger partial charge is 0.223 e. The summed E-state index contributed by atoms with van der Waals surface area (Å²) in [5, 5.41) is 3.39. The van der Waals surface area contributed by atoms with E-state index in [4.69, 9.17) is 5.73 Å². The second-order valence-corrected chi connectivity index (χ2v) is 8.57. The number of nitrogens with two attached hydrogens (primary N) is 1. The Morgan fingerprint density at radius 1 is 0.828 bits per heavy atom. The number of aryl methyl sites for hydroxylation is 2. The number of benzene rings is 2. The van der Waals surface area contributed by atoms with Gasteiger partial charge in [-0.05, 0) is 75.3 Å². The van der Waals surface area contributed by atoms with Crippen LogP contribution in [0, 0.1) is 5.92 Å². The lowest BCUT2D eigenvalue weighted by atomic mass is 9.85. The van der Waals surface area contributed by atoms with Crippen molar-refractivity contribution < 1.29 is 4.79 Å². The molecule has 0 aliphatic heterocycles. The van der Waals surface area contributed by atoms with Crippen molar-refractivity contribution in [1.29, 1.82) is 0 Å². The minimum Gasteiger partial charge on any atom is -0.353 e. The van der Waals surface area contributed by atoms with Crippen molar-refractivity contribution >= 4 is 5.91 Å². The van der Waals surface area contributed by atoms with Crippen molar-refractivity contribution in [3.05, 3.63) is 71.8 Å². The molecule has 3 N–H and O–H groups in total. The number of hydrogen-bond donors (Lipinski definition) is 2. The van der Waals surface area contributed by atoms with E-state index in [1.807, 2.05) is 0 Å². The van der Waals surface area contributed by atoms with Gasteiger partial charge in [0.15, 0.2) is 0 Å². The van der Waals surface area contributed by atoms with E-state index in [0.717, 1.165) is 64.2 Å². The molecule has 0 aromatic heterocycles. The summed E-state index contributed by atoms with van der Waals surface area (Å²) >= 11 is 0. The first-order valence-corrected chi connectivity index (χ1v) is 11.3. The van der Waals surface area contributed by atoms with Gasteiger partial charge in [-0.2, -0.15) is 0 Å². The lowest BCUT2D eigenvalue weighted by molar-refractivity contribution is -0.126. The zero-order valence-electron chi connectivity index (χ0n) is 17.6. The van der Waals surface area contributed by atoms with Crippen LogP contribution in [0.25, 0.3) is 0 Å². The highest BCUT2D eigenvalue weighted by molar-refractivity contribution is 5.79. The Bertz CT molecular complexity index is 663. The van der Waals surface area contributed by atoms with Gasteiger partial charge in [-0.15, -0.1) is 0 Å². The topological polar surface area (TPSA) is 55.1 Å². The summed E-state index contributed by atoms with van der Waals surface area (Å²) in [6.45, 7) is 0. The molecule has 1 fully saturated rings. The summed E-state index contributed by atoms with van der Waals surface area (Å²) in [4.78, 5) is 12.8. The van der Waals surface area contributed by atoms with Crippen LogP contribution < -0.4 is 11.1 Å². The summed E-state index contributed by atoms with van der Waals surface area (Å²) in [5.41, 5.74) is 8.76. The van der Waals surface area contributed by atoms with Crippen LogP contribution in [-0.4, -0.2) is 18.0 Å². The van der Waals surface area contributed by atoms with Gasteiger partial charge in [-0.3, -0.25) is 4.79 Å². The minimum absolute atomic E-state index is 0.153. The average molecular weight is 393 g/mol. The number of amides is 1. The maximum absolute atomic E-state index is 12.8. The molecular weight excluding hydrogens is 356 g/mol. The SMILES string of the molecule is N[C@H]1CC[C@@H](C(=O)NC(CCCc2ccccc2)CCCc2ccccc2)CC1. The fourth-order valence-corrected chi connectivity index (χ4v) is 4.38. The lowest BCUT2D eigenvalue weighted by Crippen LogP contribution is -2.41. The van der Waals surface area contributed by atoms with Crippen molar-refractivity contribution in [2.24, 2.45) is 11.7 Å². The Labute approximate surface area is 176 Å². The third kappa shape index (κ3) is 7.66. The molecule has 3 rings (SSSR count). The first-order valence-electron chi connectivity index (χ1n) is 11.3. The molecule has 0 radical (unpaired) electrons. The first kappa shape index (κ1) is 21.6. The van der Waals surface area contributed by atoms with Crippen LogP contribution in [0.4, 0.5) is 0 Å². The predicted octanol–water partition coefficient (Wildman–Crippen LogP) is 5.03. The predicted molar refractivity (Wildman–Crippen MR) is 121 cm³/mol. The van der Waals surface area contributed by atoms with E-state index in [1.165, 1.54) is 11.1 Å². The van der Waals surface area contributed by atoms with Crippen LogP contribution in [0.5, 0.6) is 0 Å². The van der Waals surface area contributed by atoms with Crippen LogP contribution in [0.15, 0.2) is 60.7 Å². The zero-order valence-corrected chi connectivity index (χ0v) is 17.6. The fourth-order valence-electron chi connectivity index (χ4n) is 4.38. The zero-order chi connectivity index (χ0) is 20.3. The van der Waals surface area contributed by atoms with Gasteiger partial charge in [-0.25, -0.2) is 0 Å². The van der Waals surface area contributed by atoms with Crippen molar-refractivity contribution in [3.63, 3.8) is 0 Å². The van der Waals surface area contributed by atoms with E-state index in [0.29, 0.717) is 0 Å². The summed E-state index contributed by atoms with van der Waals surface area (Å²) in [7, 11) is 0. The van der Waals surface area contributed by atoms with E-state index in [1.54, 1.807) is 0 Å². The molecule has 2 aromatic carbocycles. The molecule has 0 spiro atoms. The summed E-state index contributed by atoms with van der Waals surface area (Å²) in [6, 6.07) is 21.8. The minimum atomic E-state index is 0.153. The standard InChI is InChI=1S/C26H36N2O/c27-24-19-17-23(18-20-24)26(29)28-25(15-7-13-21-9-3-1-4-10-21)16-8-14-22-11-5-2-6-12-22/h1-6,9-12,23-25H,7-8,13-20,27H2,(H,28,29)/t23-,24+. The van der Waals surface area contributed by atoms with Crippen LogP contribution in [0.3, 0.4) is 0 Å². The Balaban J connectivity index is 1.49. The number of hydrogen-bond acceptors (Lipinski definition) is 2. The molecule has 2 aromatic rings. The summed E-state index contributed by atoms with van der Waals surface area (Å²) in [5.74, 6) is 0.405. The van der Waals surface area contributed by atoms with Crippen LogP contribution in [-0.2, 0) is 17.6 Å². The fraction of sp³-hybridized carbons (Fsp3) is 0.500. The van der Waals surface area contributed by atoms with Gasteiger partial charge in [0.2, 0.25) is 5.91 Å². The van der Waals surface area contributed by atoms with E-state index in [-0.39, 0.29) is 23.9 Å². The molecule has 1 aliphatic rings. The molecule has 1 saturated carbocycles. The second-order valence-electron chi connectivity index (χ2n) is 8.57. The van der Waals surface area contributed by atoms with Gasteiger partial charge in [0, 0.05) is 18.0 Å². The maximum atomic E-state index is 12.8. The van der Waals surface area contributed by atoms with Crippen molar-refractivity contribution in [3.8, 4) is 0 Å². The highest BCUT2D eigenvalue weighted by atomic mass is 16.1. The normalized spacial score (nSPS) is 19.2. The molecule has 3 nitrogen and oxygen atoms in total. The largest absolute Gasteiger partial charge is 0.353 e. The van der Waals surface area contributed by atoms with E-state index < -0.39 is 0 Å². The number of nitrogens with one attached hydrogen (secondary N) is 1. The number of carbonyl (C=O) groups is 1. The monoisotopic (exact) mass is 392 g/mol. The Morgan fingerprint density at radius 2 is 1.31 bits per heavy atom. The molecule has 29 heavy (non-hydrogen) atoms. The molecule has 0 unspecified atom stereocenters. The Hall–Kier alpha value is -2.13. The molecule has 156 valence electrons. The molecule has 0 heterocycles. The average Bonchev–Trinajstić information content (AvgIpc) is 2.75. The van der Waals surface area contributed by atoms with Crippen LogP contribution >= 0.6 is 0 Å². The van der Waals surface area contributed by atoms with Gasteiger partial charge in [0.25, 0.3) is 0 Å². The van der Waals surface area contributed by atoms with E-state index in [9.17, 15) is 4.79 Å². The van der Waals surface area contributed by atoms with Crippen molar-refractivity contribution in [1.82, 2.24) is 5.32 Å².